The minimum Gasteiger partial charge on any atom is -0.369 e. The van der Waals surface area contributed by atoms with Gasteiger partial charge in [-0.1, -0.05) is 60.7 Å². The first kappa shape index (κ1) is 15.3. The summed E-state index contributed by atoms with van der Waals surface area (Å²) in [6, 6.07) is 20.7. The SMILES string of the molecule is c1ccc(CCNc2ncnc3c2cnn3Cc2ccccc2)cc1. The zero-order chi connectivity index (χ0) is 16.9. The third-order valence-corrected chi connectivity index (χ3v) is 4.16. The molecule has 0 spiro atoms. The summed E-state index contributed by atoms with van der Waals surface area (Å²) in [6.45, 7) is 1.52. The number of nitrogens with zero attached hydrogens (tertiary/aromatic N) is 4. The van der Waals surface area contributed by atoms with E-state index in [1.165, 1.54) is 11.1 Å². The number of nitrogens with one attached hydrogen (secondary N) is 1. The molecular weight excluding hydrogens is 310 g/mol. The van der Waals surface area contributed by atoms with Gasteiger partial charge in [0.25, 0.3) is 0 Å². The maximum atomic E-state index is 4.49. The van der Waals surface area contributed by atoms with Crippen molar-refractivity contribution in [2.75, 3.05) is 11.9 Å². The van der Waals surface area contributed by atoms with Gasteiger partial charge in [-0.2, -0.15) is 5.10 Å². The van der Waals surface area contributed by atoms with Gasteiger partial charge in [-0.05, 0) is 17.5 Å². The standard InChI is InChI=1S/C20H19N5/c1-3-7-16(8-4-1)11-12-21-19-18-13-24-25(20(18)23-15-22-19)14-17-9-5-2-6-10-17/h1-10,13,15H,11-12,14H2,(H,21,22,23). The largest absolute Gasteiger partial charge is 0.369 e. The number of hydrogen-bond acceptors (Lipinski definition) is 4. The number of fused-ring (bicyclic) bond motifs is 1. The molecule has 0 aliphatic rings. The molecule has 0 fully saturated rings. The van der Waals surface area contributed by atoms with E-state index in [0.717, 1.165) is 29.8 Å². The molecule has 5 heteroatoms. The average molecular weight is 329 g/mol. The maximum Gasteiger partial charge on any atom is 0.163 e. The van der Waals surface area contributed by atoms with Crippen LogP contribution in [0.15, 0.2) is 73.2 Å². The average Bonchev–Trinajstić information content (AvgIpc) is 3.07. The second-order valence-electron chi connectivity index (χ2n) is 5.91. The molecule has 0 aliphatic carbocycles. The van der Waals surface area contributed by atoms with E-state index >= 15 is 0 Å². The van der Waals surface area contributed by atoms with Gasteiger partial charge in [-0.15, -0.1) is 0 Å². The van der Waals surface area contributed by atoms with E-state index in [1.54, 1.807) is 6.33 Å². The first-order valence-corrected chi connectivity index (χ1v) is 8.38. The fraction of sp³-hybridized carbons (Fsp3) is 0.150. The van der Waals surface area contributed by atoms with Gasteiger partial charge in [-0.3, -0.25) is 0 Å². The van der Waals surface area contributed by atoms with Crippen molar-refractivity contribution in [2.45, 2.75) is 13.0 Å². The molecular formula is C20H19N5. The van der Waals surface area contributed by atoms with Crippen molar-refractivity contribution in [2.24, 2.45) is 0 Å². The molecule has 4 aromatic rings. The summed E-state index contributed by atoms with van der Waals surface area (Å²) < 4.78 is 1.91. The van der Waals surface area contributed by atoms with E-state index in [0.29, 0.717) is 6.54 Å². The maximum absolute atomic E-state index is 4.49. The molecule has 0 radical (unpaired) electrons. The van der Waals surface area contributed by atoms with Gasteiger partial charge in [0.05, 0.1) is 18.1 Å². The van der Waals surface area contributed by atoms with Crippen LogP contribution in [0.25, 0.3) is 11.0 Å². The van der Waals surface area contributed by atoms with E-state index in [2.05, 4.69) is 56.8 Å². The minimum absolute atomic E-state index is 0.699. The fourth-order valence-electron chi connectivity index (χ4n) is 2.88. The molecule has 124 valence electrons. The van der Waals surface area contributed by atoms with Gasteiger partial charge >= 0.3 is 0 Å². The van der Waals surface area contributed by atoms with Gasteiger partial charge < -0.3 is 5.32 Å². The lowest BCUT2D eigenvalue weighted by atomic mass is 10.1. The predicted octanol–water partition coefficient (Wildman–Crippen LogP) is 3.53. The van der Waals surface area contributed by atoms with Crippen LogP contribution in [0.4, 0.5) is 5.82 Å². The smallest absolute Gasteiger partial charge is 0.163 e. The highest BCUT2D eigenvalue weighted by molar-refractivity contribution is 5.86. The Labute approximate surface area is 146 Å². The van der Waals surface area contributed by atoms with Crippen molar-refractivity contribution in [3.63, 3.8) is 0 Å². The quantitative estimate of drug-likeness (QED) is 0.588. The topological polar surface area (TPSA) is 55.6 Å². The second-order valence-corrected chi connectivity index (χ2v) is 5.91. The van der Waals surface area contributed by atoms with Crippen molar-refractivity contribution < 1.29 is 0 Å². The fourth-order valence-corrected chi connectivity index (χ4v) is 2.88. The molecule has 0 aliphatic heterocycles. The summed E-state index contributed by atoms with van der Waals surface area (Å²) >= 11 is 0. The molecule has 2 heterocycles. The lowest BCUT2D eigenvalue weighted by Gasteiger charge is -2.07. The number of anilines is 1. The third-order valence-electron chi connectivity index (χ3n) is 4.16. The molecule has 25 heavy (non-hydrogen) atoms. The lowest BCUT2D eigenvalue weighted by molar-refractivity contribution is 0.703. The highest BCUT2D eigenvalue weighted by Gasteiger charge is 2.09. The molecule has 0 bridgehead atoms. The molecule has 0 atom stereocenters. The van der Waals surface area contributed by atoms with Crippen molar-refractivity contribution in [3.8, 4) is 0 Å². The van der Waals surface area contributed by atoms with Crippen LogP contribution >= 0.6 is 0 Å². The predicted molar refractivity (Wildman–Crippen MR) is 99.5 cm³/mol. The highest BCUT2D eigenvalue weighted by Crippen LogP contribution is 2.19. The van der Waals surface area contributed by atoms with Crippen molar-refractivity contribution in [1.82, 2.24) is 19.7 Å². The number of hydrogen-bond donors (Lipinski definition) is 1. The molecule has 1 N–H and O–H groups in total. The Morgan fingerprint density at radius 3 is 2.32 bits per heavy atom. The number of benzene rings is 2. The monoisotopic (exact) mass is 329 g/mol. The lowest BCUT2D eigenvalue weighted by Crippen LogP contribution is -2.07. The zero-order valence-electron chi connectivity index (χ0n) is 13.8. The van der Waals surface area contributed by atoms with E-state index in [4.69, 9.17) is 0 Å². The first-order valence-electron chi connectivity index (χ1n) is 8.38. The molecule has 0 saturated carbocycles. The van der Waals surface area contributed by atoms with E-state index < -0.39 is 0 Å². The Morgan fingerprint density at radius 2 is 1.56 bits per heavy atom. The summed E-state index contributed by atoms with van der Waals surface area (Å²) in [5, 5.41) is 8.85. The van der Waals surface area contributed by atoms with Gasteiger partial charge in [-0.25, -0.2) is 14.6 Å². The van der Waals surface area contributed by atoms with Crippen LogP contribution in [0.1, 0.15) is 11.1 Å². The van der Waals surface area contributed by atoms with Crippen LogP contribution in [0.2, 0.25) is 0 Å². The summed E-state index contributed by atoms with van der Waals surface area (Å²) in [4.78, 5) is 8.80. The zero-order valence-corrected chi connectivity index (χ0v) is 13.8. The van der Waals surface area contributed by atoms with Crippen LogP contribution in [-0.2, 0) is 13.0 Å². The van der Waals surface area contributed by atoms with Crippen molar-refractivity contribution in [3.05, 3.63) is 84.3 Å². The minimum atomic E-state index is 0.699. The highest BCUT2D eigenvalue weighted by atomic mass is 15.3. The van der Waals surface area contributed by atoms with Crippen LogP contribution in [0.5, 0.6) is 0 Å². The van der Waals surface area contributed by atoms with E-state index in [9.17, 15) is 0 Å². The van der Waals surface area contributed by atoms with E-state index in [-0.39, 0.29) is 0 Å². The first-order chi connectivity index (χ1) is 12.4. The molecule has 0 amide bonds. The van der Waals surface area contributed by atoms with Crippen molar-refractivity contribution in [1.29, 1.82) is 0 Å². The summed E-state index contributed by atoms with van der Waals surface area (Å²) in [7, 11) is 0. The number of rotatable bonds is 6. The van der Waals surface area contributed by atoms with Crippen LogP contribution < -0.4 is 5.32 Å². The third kappa shape index (κ3) is 3.50. The summed E-state index contributed by atoms with van der Waals surface area (Å²) in [5.74, 6) is 0.834. The molecule has 0 saturated heterocycles. The summed E-state index contributed by atoms with van der Waals surface area (Å²) in [5.41, 5.74) is 3.35. The van der Waals surface area contributed by atoms with Crippen LogP contribution in [0.3, 0.4) is 0 Å². The Balaban J connectivity index is 1.50. The van der Waals surface area contributed by atoms with Crippen molar-refractivity contribution >= 4 is 16.9 Å². The van der Waals surface area contributed by atoms with Gasteiger partial charge in [0.2, 0.25) is 0 Å². The molecule has 4 rings (SSSR count). The molecule has 2 aromatic carbocycles. The Morgan fingerprint density at radius 1 is 0.840 bits per heavy atom. The Hall–Kier alpha value is -3.21. The molecule has 2 aromatic heterocycles. The van der Waals surface area contributed by atoms with E-state index in [1.807, 2.05) is 35.1 Å². The normalized spacial score (nSPS) is 10.9. The number of aromatic nitrogens is 4. The van der Waals surface area contributed by atoms with Gasteiger partial charge in [0.15, 0.2) is 5.65 Å². The Bertz CT molecular complexity index is 948. The Kier molecular flexibility index (Phi) is 4.37. The summed E-state index contributed by atoms with van der Waals surface area (Å²) in [6.07, 6.45) is 4.38. The molecule has 5 nitrogen and oxygen atoms in total. The molecule has 0 unspecified atom stereocenters. The van der Waals surface area contributed by atoms with Gasteiger partial charge in [0, 0.05) is 6.54 Å². The van der Waals surface area contributed by atoms with Gasteiger partial charge in [0.1, 0.15) is 12.1 Å². The van der Waals surface area contributed by atoms with Crippen LogP contribution in [0, 0.1) is 0 Å². The van der Waals surface area contributed by atoms with Crippen LogP contribution in [-0.4, -0.2) is 26.3 Å². The second kappa shape index (κ2) is 7.13.